The molecular weight excluding hydrogens is 260 g/mol. The average molecular weight is 284 g/mol. The molecule has 1 saturated heterocycles. The van der Waals surface area contributed by atoms with Gasteiger partial charge in [-0.05, 0) is 18.8 Å². The van der Waals surface area contributed by atoms with Gasteiger partial charge in [0.05, 0.1) is 5.92 Å². The van der Waals surface area contributed by atoms with Gasteiger partial charge >= 0.3 is 5.97 Å². The lowest BCUT2D eigenvalue weighted by Crippen LogP contribution is -2.44. The Morgan fingerprint density at radius 3 is 2.20 bits per heavy atom. The molecule has 0 saturated carbocycles. The molecule has 0 aromatic rings. The van der Waals surface area contributed by atoms with E-state index in [2.05, 4.69) is 5.32 Å². The van der Waals surface area contributed by atoms with Crippen molar-refractivity contribution in [3.63, 3.8) is 0 Å². The average Bonchev–Trinajstić information content (AvgIpc) is 2.38. The standard InChI is InChI=1S/C14H24N2O4/c1-9(2)12(14(19)20)8-15-13(18)11-4-6-16(7-5-11)10(3)17/h9,11-12H,4-8H2,1-3H3,(H,15,18)(H,19,20). The van der Waals surface area contributed by atoms with Crippen molar-refractivity contribution in [1.29, 1.82) is 0 Å². The number of nitrogens with one attached hydrogen (secondary N) is 1. The maximum atomic E-state index is 12.0. The highest BCUT2D eigenvalue weighted by Crippen LogP contribution is 2.18. The summed E-state index contributed by atoms with van der Waals surface area (Å²) >= 11 is 0. The fraction of sp³-hybridized carbons (Fsp3) is 0.786. The first-order chi connectivity index (χ1) is 9.32. The number of carboxylic acids is 1. The second-order valence-electron chi connectivity index (χ2n) is 5.71. The molecule has 2 amide bonds. The van der Waals surface area contributed by atoms with Gasteiger partial charge in [0.25, 0.3) is 0 Å². The van der Waals surface area contributed by atoms with Gasteiger partial charge in [-0.15, -0.1) is 0 Å². The molecule has 6 heteroatoms. The minimum absolute atomic E-state index is 0.0210. The van der Waals surface area contributed by atoms with E-state index in [0.717, 1.165) is 0 Å². The highest BCUT2D eigenvalue weighted by molar-refractivity contribution is 5.80. The number of hydrogen-bond acceptors (Lipinski definition) is 3. The Kier molecular flexibility index (Phi) is 5.98. The van der Waals surface area contributed by atoms with Crippen LogP contribution in [-0.2, 0) is 14.4 Å². The van der Waals surface area contributed by atoms with Crippen LogP contribution < -0.4 is 5.32 Å². The van der Waals surface area contributed by atoms with Crippen LogP contribution in [-0.4, -0.2) is 47.4 Å². The Morgan fingerprint density at radius 1 is 1.25 bits per heavy atom. The molecule has 0 aliphatic carbocycles. The Labute approximate surface area is 119 Å². The highest BCUT2D eigenvalue weighted by Gasteiger charge is 2.28. The molecule has 0 aromatic heterocycles. The lowest BCUT2D eigenvalue weighted by Gasteiger charge is -2.30. The monoisotopic (exact) mass is 284 g/mol. The third kappa shape index (κ3) is 4.51. The molecule has 1 aliphatic heterocycles. The molecule has 1 aliphatic rings. The Bertz CT molecular complexity index is 373. The first-order valence-corrected chi connectivity index (χ1v) is 7.09. The number of aliphatic carboxylic acids is 1. The fourth-order valence-electron chi connectivity index (χ4n) is 2.42. The van der Waals surface area contributed by atoms with Gasteiger partial charge in [0, 0.05) is 32.5 Å². The molecule has 1 rings (SSSR count). The summed E-state index contributed by atoms with van der Waals surface area (Å²) < 4.78 is 0. The van der Waals surface area contributed by atoms with E-state index in [1.54, 1.807) is 4.90 Å². The molecule has 0 radical (unpaired) electrons. The fourth-order valence-corrected chi connectivity index (χ4v) is 2.42. The number of carbonyl (C=O) groups is 3. The Hall–Kier alpha value is -1.59. The molecule has 1 unspecified atom stereocenters. The van der Waals surface area contributed by atoms with E-state index in [4.69, 9.17) is 5.11 Å². The molecule has 0 spiro atoms. The number of carboxylic acid groups (broad SMARTS) is 1. The van der Waals surface area contributed by atoms with Crippen molar-refractivity contribution in [2.45, 2.75) is 33.6 Å². The molecule has 1 heterocycles. The summed E-state index contributed by atoms with van der Waals surface area (Å²) in [5.41, 5.74) is 0. The summed E-state index contributed by atoms with van der Waals surface area (Å²) in [6, 6.07) is 0. The van der Waals surface area contributed by atoms with Crippen LogP contribution in [0.25, 0.3) is 0 Å². The van der Waals surface area contributed by atoms with Gasteiger partial charge in [-0.3, -0.25) is 14.4 Å². The van der Waals surface area contributed by atoms with Crippen molar-refractivity contribution >= 4 is 17.8 Å². The zero-order chi connectivity index (χ0) is 15.3. The van der Waals surface area contributed by atoms with Crippen molar-refractivity contribution in [2.75, 3.05) is 19.6 Å². The van der Waals surface area contributed by atoms with Crippen LogP contribution in [0.3, 0.4) is 0 Å². The van der Waals surface area contributed by atoms with Crippen LogP contribution in [0.2, 0.25) is 0 Å². The van der Waals surface area contributed by atoms with Crippen LogP contribution in [0.1, 0.15) is 33.6 Å². The Morgan fingerprint density at radius 2 is 1.80 bits per heavy atom. The van der Waals surface area contributed by atoms with Crippen molar-refractivity contribution in [2.24, 2.45) is 17.8 Å². The predicted molar refractivity (Wildman–Crippen MR) is 74.0 cm³/mol. The van der Waals surface area contributed by atoms with E-state index < -0.39 is 11.9 Å². The minimum Gasteiger partial charge on any atom is -0.481 e. The second kappa shape index (κ2) is 7.26. The van der Waals surface area contributed by atoms with Crippen LogP contribution >= 0.6 is 0 Å². The first kappa shape index (κ1) is 16.5. The number of amides is 2. The molecule has 114 valence electrons. The number of nitrogens with zero attached hydrogens (tertiary/aromatic N) is 1. The summed E-state index contributed by atoms with van der Waals surface area (Å²) in [5, 5.41) is 11.8. The van der Waals surface area contributed by atoms with Crippen LogP contribution in [0, 0.1) is 17.8 Å². The summed E-state index contributed by atoms with van der Waals surface area (Å²) in [7, 11) is 0. The van der Waals surface area contributed by atoms with Gasteiger partial charge in [0.1, 0.15) is 0 Å². The largest absolute Gasteiger partial charge is 0.481 e. The number of piperidine rings is 1. The number of likely N-dealkylation sites (tertiary alicyclic amines) is 1. The molecule has 0 bridgehead atoms. The van der Waals surface area contributed by atoms with Gasteiger partial charge in [-0.2, -0.15) is 0 Å². The molecule has 1 atom stereocenters. The summed E-state index contributed by atoms with van der Waals surface area (Å²) in [6.07, 6.45) is 1.29. The number of carbonyl (C=O) groups excluding carboxylic acids is 2. The highest BCUT2D eigenvalue weighted by atomic mass is 16.4. The normalized spacial score (nSPS) is 17.9. The van der Waals surface area contributed by atoms with Gasteiger partial charge in [0.15, 0.2) is 0 Å². The smallest absolute Gasteiger partial charge is 0.308 e. The summed E-state index contributed by atoms with van der Waals surface area (Å²) in [6.45, 7) is 6.55. The third-order valence-electron chi connectivity index (χ3n) is 3.93. The second-order valence-corrected chi connectivity index (χ2v) is 5.71. The van der Waals surface area contributed by atoms with Crippen molar-refractivity contribution in [3.05, 3.63) is 0 Å². The molecule has 2 N–H and O–H groups in total. The summed E-state index contributed by atoms with van der Waals surface area (Å²) in [4.78, 5) is 36.0. The van der Waals surface area contributed by atoms with E-state index in [9.17, 15) is 14.4 Å². The minimum atomic E-state index is -0.883. The zero-order valence-corrected chi connectivity index (χ0v) is 12.4. The molecule has 1 fully saturated rings. The quantitative estimate of drug-likeness (QED) is 0.778. The Balaban J connectivity index is 2.40. The van der Waals surface area contributed by atoms with Gasteiger partial charge in [0.2, 0.25) is 11.8 Å². The topological polar surface area (TPSA) is 86.7 Å². The van der Waals surface area contributed by atoms with E-state index in [1.165, 1.54) is 6.92 Å². The number of hydrogen-bond donors (Lipinski definition) is 2. The lowest BCUT2D eigenvalue weighted by atomic mass is 9.93. The van der Waals surface area contributed by atoms with Crippen LogP contribution in [0.4, 0.5) is 0 Å². The molecule has 6 nitrogen and oxygen atoms in total. The van der Waals surface area contributed by atoms with Crippen LogP contribution in [0.5, 0.6) is 0 Å². The van der Waals surface area contributed by atoms with Gasteiger partial charge in [-0.1, -0.05) is 13.8 Å². The zero-order valence-electron chi connectivity index (χ0n) is 12.4. The van der Waals surface area contributed by atoms with E-state index in [0.29, 0.717) is 25.9 Å². The lowest BCUT2D eigenvalue weighted by molar-refractivity contribution is -0.143. The van der Waals surface area contributed by atoms with Gasteiger partial charge in [-0.25, -0.2) is 0 Å². The molecule has 0 aromatic carbocycles. The molecule has 20 heavy (non-hydrogen) atoms. The van der Waals surface area contributed by atoms with Crippen molar-refractivity contribution in [3.8, 4) is 0 Å². The van der Waals surface area contributed by atoms with Crippen molar-refractivity contribution < 1.29 is 19.5 Å². The van der Waals surface area contributed by atoms with Gasteiger partial charge < -0.3 is 15.3 Å². The molecular formula is C14H24N2O4. The number of rotatable bonds is 5. The first-order valence-electron chi connectivity index (χ1n) is 7.09. The van der Waals surface area contributed by atoms with Crippen molar-refractivity contribution in [1.82, 2.24) is 10.2 Å². The van der Waals surface area contributed by atoms with E-state index >= 15 is 0 Å². The SMILES string of the molecule is CC(=O)N1CCC(C(=O)NCC(C(=O)O)C(C)C)CC1. The maximum absolute atomic E-state index is 12.0. The maximum Gasteiger partial charge on any atom is 0.308 e. The third-order valence-corrected chi connectivity index (χ3v) is 3.93. The van der Waals surface area contributed by atoms with Crippen LogP contribution in [0.15, 0.2) is 0 Å². The summed E-state index contributed by atoms with van der Waals surface area (Å²) in [5.74, 6) is -1.64. The van der Waals surface area contributed by atoms with E-state index in [1.807, 2.05) is 13.8 Å². The predicted octanol–water partition coefficient (Wildman–Crippen LogP) is 0.718. The van der Waals surface area contributed by atoms with E-state index in [-0.39, 0.29) is 30.2 Å².